The van der Waals surface area contributed by atoms with E-state index in [1.54, 1.807) is 6.07 Å². The van der Waals surface area contributed by atoms with Crippen LogP contribution < -0.4 is 4.74 Å². The zero-order valence-electron chi connectivity index (χ0n) is 7.19. The molecule has 1 heterocycles. The fourth-order valence-corrected chi connectivity index (χ4v) is 1.56. The summed E-state index contributed by atoms with van der Waals surface area (Å²) in [6, 6.07) is 5.03. The highest BCUT2D eigenvalue weighted by atomic mass is 16.6. The van der Waals surface area contributed by atoms with Crippen molar-refractivity contribution >= 4 is 5.69 Å². The molecule has 68 valence electrons. The third-order valence-corrected chi connectivity index (χ3v) is 2.10. The minimum absolute atomic E-state index is 0.0519. The summed E-state index contributed by atoms with van der Waals surface area (Å²) in [5.74, 6) is 0.444. The Labute approximate surface area is 75.3 Å². The first-order valence-corrected chi connectivity index (χ1v) is 4.11. The van der Waals surface area contributed by atoms with Crippen LogP contribution in [0.1, 0.15) is 12.5 Å². The van der Waals surface area contributed by atoms with Gasteiger partial charge in [-0.05, 0) is 6.92 Å². The Bertz CT molecular complexity index is 362. The first-order chi connectivity index (χ1) is 6.18. The zero-order valence-corrected chi connectivity index (χ0v) is 7.19. The summed E-state index contributed by atoms with van der Waals surface area (Å²) in [7, 11) is 0. The van der Waals surface area contributed by atoms with E-state index in [1.165, 1.54) is 6.07 Å². The standard InChI is InChI=1S/C9H9NO3/c1-6-5-7-3-2-4-8(10(11)12)9(7)13-6/h2-4,6H,5H2,1H3. The largest absolute Gasteiger partial charge is 0.483 e. The van der Waals surface area contributed by atoms with Crippen LogP contribution in [-0.2, 0) is 6.42 Å². The van der Waals surface area contributed by atoms with Gasteiger partial charge in [0.1, 0.15) is 6.10 Å². The lowest BCUT2D eigenvalue weighted by atomic mass is 10.1. The average molecular weight is 179 g/mol. The van der Waals surface area contributed by atoms with Crippen molar-refractivity contribution in [3.05, 3.63) is 33.9 Å². The first-order valence-electron chi connectivity index (χ1n) is 4.11. The van der Waals surface area contributed by atoms with Crippen LogP contribution in [0.3, 0.4) is 0 Å². The summed E-state index contributed by atoms with van der Waals surface area (Å²) in [6.45, 7) is 1.91. The molecule has 0 amide bonds. The van der Waals surface area contributed by atoms with Crippen LogP contribution in [0.15, 0.2) is 18.2 Å². The van der Waals surface area contributed by atoms with E-state index in [2.05, 4.69) is 0 Å². The second-order valence-electron chi connectivity index (χ2n) is 3.16. The van der Waals surface area contributed by atoms with Crippen molar-refractivity contribution < 1.29 is 9.66 Å². The highest BCUT2D eigenvalue weighted by Gasteiger charge is 2.27. The normalized spacial score (nSPS) is 19.3. The molecule has 2 rings (SSSR count). The maximum absolute atomic E-state index is 10.6. The first kappa shape index (κ1) is 8.04. The average Bonchev–Trinajstić information content (AvgIpc) is 2.43. The van der Waals surface area contributed by atoms with Crippen LogP contribution in [0.5, 0.6) is 5.75 Å². The molecule has 0 N–H and O–H groups in total. The van der Waals surface area contributed by atoms with Crippen molar-refractivity contribution in [2.24, 2.45) is 0 Å². The lowest BCUT2D eigenvalue weighted by Crippen LogP contribution is -2.05. The molecular formula is C9H9NO3. The van der Waals surface area contributed by atoms with Crippen molar-refractivity contribution in [2.45, 2.75) is 19.4 Å². The second-order valence-corrected chi connectivity index (χ2v) is 3.16. The molecule has 4 heteroatoms. The fourth-order valence-electron chi connectivity index (χ4n) is 1.56. The Morgan fingerprint density at radius 3 is 3.08 bits per heavy atom. The maximum atomic E-state index is 10.6. The quantitative estimate of drug-likeness (QED) is 0.488. The molecule has 0 radical (unpaired) electrons. The molecule has 1 atom stereocenters. The number of fused-ring (bicyclic) bond motifs is 1. The van der Waals surface area contributed by atoms with Gasteiger partial charge in [-0.15, -0.1) is 0 Å². The van der Waals surface area contributed by atoms with Crippen molar-refractivity contribution in [1.29, 1.82) is 0 Å². The third-order valence-electron chi connectivity index (χ3n) is 2.10. The Balaban J connectivity index is 2.51. The summed E-state index contributed by atoms with van der Waals surface area (Å²) in [5.41, 5.74) is 1.00. The number of para-hydroxylation sites is 1. The Morgan fingerprint density at radius 1 is 1.62 bits per heavy atom. The molecule has 1 aromatic rings. The maximum Gasteiger partial charge on any atom is 0.311 e. The monoisotopic (exact) mass is 179 g/mol. The van der Waals surface area contributed by atoms with Crippen LogP contribution >= 0.6 is 0 Å². The lowest BCUT2D eigenvalue weighted by molar-refractivity contribution is -0.385. The number of benzene rings is 1. The number of nitro groups is 1. The topological polar surface area (TPSA) is 52.4 Å². The van der Waals surface area contributed by atoms with E-state index >= 15 is 0 Å². The molecule has 0 saturated heterocycles. The molecule has 1 unspecified atom stereocenters. The SMILES string of the molecule is CC1Cc2cccc([N+](=O)[O-])c2O1. The molecule has 4 nitrogen and oxygen atoms in total. The van der Waals surface area contributed by atoms with E-state index in [1.807, 2.05) is 13.0 Å². The van der Waals surface area contributed by atoms with E-state index in [4.69, 9.17) is 4.74 Å². The van der Waals surface area contributed by atoms with Gasteiger partial charge >= 0.3 is 5.69 Å². The van der Waals surface area contributed by atoms with Gasteiger partial charge in [-0.25, -0.2) is 0 Å². The van der Waals surface area contributed by atoms with Gasteiger partial charge in [0.05, 0.1) is 4.92 Å². The van der Waals surface area contributed by atoms with Gasteiger partial charge in [0.25, 0.3) is 0 Å². The molecule has 1 aromatic carbocycles. The Morgan fingerprint density at radius 2 is 2.38 bits per heavy atom. The highest BCUT2D eigenvalue weighted by molar-refractivity contribution is 5.53. The van der Waals surface area contributed by atoms with Gasteiger partial charge in [-0.1, -0.05) is 12.1 Å². The number of nitrogens with zero attached hydrogens (tertiary/aromatic N) is 1. The van der Waals surface area contributed by atoms with E-state index in [0.29, 0.717) is 5.75 Å². The zero-order chi connectivity index (χ0) is 9.42. The van der Waals surface area contributed by atoms with Gasteiger partial charge < -0.3 is 4.74 Å². The van der Waals surface area contributed by atoms with E-state index in [9.17, 15) is 10.1 Å². The van der Waals surface area contributed by atoms with Gasteiger partial charge in [0, 0.05) is 18.1 Å². The molecule has 0 fully saturated rings. The molecule has 0 bridgehead atoms. The summed E-state index contributed by atoms with van der Waals surface area (Å²) >= 11 is 0. The van der Waals surface area contributed by atoms with Crippen LogP contribution in [-0.4, -0.2) is 11.0 Å². The Hall–Kier alpha value is -1.58. The predicted octanol–water partition coefficient (Wildman–Crippen LogP) is 1.92. The number of ether oxygens (including phenoxy) is 1. The fraction of sp³-hybridized carbons (Fsp3) is 0.333. The summed E-state index contributed by atoms with van der Waals surface area (Å²) in [4.78, 5) is 10.2. The van der Waals surface area contributed by atoms with Crippen molar-refractivity contribution in [3.8, 4) is 5.75 Å². The lowest BCUT2D eigenvalue weighted by Gasteiger charge is -2.02. The number of hydrogen-bond acceptors (Lipinski definition) is 3. The van der Waals surface area contributed by atoms with Crippen LogP contribution in [0.4, 0.5) is 5.69 Å². The van der Waals surface area contributed by atoms with Gasteiger partial charge in [-0.2, -0.15) is 0 Å². The van der Waals surface area contributed by atoms with E-state index in [-0.39, 0.29) is 11.8 Å². The second kappa shape index (κ2) is 2.73. The van der Waals surface area contributed by atoms with Gasteiger partial charge in [0.15, 0.2) is 0 Å². The third kappa shape index (κ3) is 1.24. The Kier molecular flexibility index (Phi) is 1.69. The van der Waals surface area contributed by atoms with Gasteiger partial charge in [0.2, 0.25) is 5.75 Å². The summed E-state index contributed by atoms with van der Waals surface area (Å²) in [5, 5.41) is 10.6. The van der Waals surface area contributed by atoms with E-state index in [0.717, 1.165) is 12.0 Å². The smallest absolute Gasteiger partial charge is 0.311 e. The highest BCUT2D eigenvalue weighted by Crippen LogP contribution is 2.36. The minimum Gasteiger partial charge on any atom is -0.483 e. The number of rotatable bonds is 1. The number of nitro benzene ring substituents is 1. The molecular weight excluding hydrogens is 170 g/mol. The van der Waals surface area contributed by atoms with Crippen molar-refractivity contribution in [1.82, 2.24) is 0 Å². The molecule has 0 spiro atoms. The summed E-state index contributed by atoms with van der Waals surface area (Å²) in [6.07, 6.45) is 0.813. The molecule has 0 aromatic heterocycles. The van der Waals surface area contributed by atoms with E-state index < -0.39 is 4.92 Å². The molecule has 13 heavy (non-hydrogen) atoms. The van der Waals surface area contributed by atoms with Gasteiger partial charge in [-0.3, -0.25) is 10.1 Å². The van der Waals surface area contributed by atoms with Crippen molar-refractivity contribution in [2.75, 3.05) is 0 Å². The predicted molar refractivity (Wildman–Crippen MR) is 46.9 cm³/mol. The number of hydrogen-bond donors (Lipinski definition) is 0. The van der Waals surface area contributed by atoms with Crippen LogP contribution in [0, 0.1) is 10.1 Å². The molecule has 1 aliphatic rings. The summed E-state index contributed by atoms with van der Waals surface area (Å²) < 4.78 is 5.36. The van der Waals surface area contributed by atoms with Crippen LogP contribution in [0.25, 0.3) is 0 Å². The molecule has 0 aliphatic carbocycles. The minimum atomic E-state index is -0.406. The van der Waals surface area contributed by atoms with Crippen LogP contribution in [0.2, 0.25) is 0 Å². The van der Waals surface area contributed by atoms with Crippen molar-refractivity contribution in [3.63, 3.8) is 0 Å². The molecule has 0 saturated carbocycles. The molecule has 1 aliphatic heterocycles.